The number of rotatable bonds is 28. The molecule has 0 atom stereocenters. The first-order chi connectivity index (χ1) is 16.7. The van der Waals surface area contributed by atoms with Crippen LogP contribution in [0.1, 0.15) is 168 Å². The second-order valence-electron chi connectivity index (χ2n) is 10.7. The van der Waals surface area contributed by atoms with Crippen molar-refractivity contribution in [3.8, 4) is 0 Å². The molecule has 0 spiro atoms. The molecule has 204 valence electrons. The van der Waals surface area contributed by atoms with E-state index in [4.69, 9.17) is 0 Å². The summed E-state index contributed by atoms with van der Waals surface area (Å²) in [6, 6.07) is 0. The van der Waals surface area contributed by atoms with Gasteiger partial charge in [0.25, 0.3) is 0 Å². The van der Waals surface area contributed by atoms with Crippen LogP contribution in [0.5, 0.6) is 0 Å². The topological polar surface area (TPSA) is 32.3 Å². The Morgan fingerprint density at radius 1 is 0.471 bits per heavy atom. The zero-order valence-corrected chi connectivity index (χ0v) is 23.9. The monoisotopic (exact) mass is 481 g/mol. The fourth-order valence-corrected chi connectivity index (χ4v) is 4.95. The number of hydrogen-bond donors (Lipinski definition) is 1. The third kappa shape index (κ3) is 26.0. The summed E-state index contributed by atoms with van der Waals surface area (Å²) in [7, 11) is 0. The SMILES string of the molecule is CCCCCCCCCCCCCCCCCCCCCC(=O)NCCCN(CCC)CCC. The first-order valence-electron chi connectivity index (χ1n) is 15.7. The predicted molar refractivity (Wildman–Crippen MR) is 153 cm³/mol. The molecular formula is C31H64N2O. The van der Waals surface area contributed by atoms with Crippen molar-refractivity contribution in [2.45, 2.75) is 168 Å². The summed E-state index contributed by atoms with van der Waals surface area (Å²) in [5, 5.41) is 3.12. The largest absolute Gasteiger partial charge is 0.356 e. The van der Waals surface area contributed by atoms with Gasteiger partial charge in [0, 0.05) is 13.0 Å². The van der Waals surface area contributed by atoms with Crippen LogP contribution in [-0.4, -0.2) is 37.0 Å². The fourth-order valence-electron chi connectivity index (χ4n) is 4.95. The van der Waals surface area contributed by atoms with E-state index in [1.165, 1.54) is 142 Å². The molecular weight excluding hydrogens is 416 g/mol. The number of carbonyl (C=O) groups is 1. The van der Waals surface area contributed by atoms with E-state index in [0.29, 0.717) is 6.42 Å². The van der Waals surface area contributed by atoms with Crippen LogP contribution in [0.2, 0.25) is 0 Å². The van der Waals surface area contributed by atoms with Gasteiger partial charge in [-0.3, -0.25) is 4.79 Å². The van der Waals surface area contributed by atoms with Crippen LogP contribution in [0.4, 0.5) is 0 Å². The molecule has 0 bridgehead atoms. The smallest absolute Gasteiger partial charge is 0.219 e. The Bertz CT molecular complexity index is 393. The highest BCUT2D eigenvalue weighted by Gasteiger charge is 2.04. The molecule has 1 amide bonds. The zero-order valence-electron chi connectivity index (χ0n) is 23.9. The lowest BCUT2D eigenvalue weighted by Gasteiger charge is -2.20. The molecule has 0 aliphatic carbocycles. The molecule has 0 aliphatic heterocycles. The predicted octanol–water partition coefficient (Wildman–Crippen LogP) is 9.44. The highest BCUT2D eigenvalue weighted by molar-refractivity contribution is 5.75. The minimum absolute atomic E-state index is 0.254. The lowest BCUT2D eigenvalue weighted by Crippen LogP contribution is -2.31. The van der Waals surface area contributed by atoms with Crippen molar-refractivity contribution in [1.82, 2.24) is 10.2 Å². The lowest BCUT2D eigenvalue weighted by molar-refractivity contribution is -0.121. The number of hydrogen-bond acceptors (Lipinski definition) is 2. The number of unbranched alkanes of at least 4 members (excludes halogenated alkanes) is 18. The average molecular weight is 481 g/mol. The molecule has 0 unspecified atom stereocenters. The van der Waals surface area contributed by atoms with Crippen LogP contribution in [0, 0.1) is 0 Å². The van der Waals surface area contributed by atoms with E-state index in [2.05, 4.69) is 31.0 Å². The summed E-state index contributed by atoms with van der Waals surface area (Å²) < 4.78 is 0. The van der Waals surface area contributed by atoms with Gasteiger partial charge in [-0.15, -0.1) is 0 Å². The molecule has 0 saturated heterocycles. The van der Waals surface area contributed by atoms with Crippen molar-refractivity contribution in [2.75, 3.05) is 26.2 Å². The quantitative estimate of drug-likeness (QED) is 0.113. The highest BCUT2D eigenvalue weighted by atomic mass is 16.1. The fraction of sp³-hybridized carbons (Fsp3) is 0.968. The number of nitrogens with zero attached hydrogens (tertiary/aromatic N) is 1. The maximum Gasteiger partial charge on any atom is 0.219 e. The molecule has 0 aliphatic rings. The number of amides is 1. The van der Waals surface area contributed by atoms with Gasteiger partial charge in [0.2, 0.25) is 5.91 Å². The van der Waals surface area contributed by atoms with Crippen molar-refractivity contribution in [2.24, 2.45) is 0 Å². The van der Waals surface area contributed by atoms with Crippen LogP contribution in [0.3, 0.4) is 0 Å². The summed E-state index contributed by atoms with van der Waals surface area (Å²) in [5.41, 5.74) is 0. The van der Waals surface area contributed by atoms with E-state index in [1.807, 2.05) is 0 Å². The summed E-state index contributed by atoms with van der Waals surface area (Å²) in [4.78, 5) is 14.5. The van der Waals surface area contributed by atoms with Gasteiger partial charge in [-0.25, -0.2) is 0 Å². The average Bonchev–Trinajstić information content (AvgIpc) is 2.83. The van der Waals surface area contributed by atoms with Crippen LogP contribution in [0.15, 0.2) is 0 Å². The van der Waals surface area contributed by atoms with Gasteiger partial charge in [-0.2, -0.15) is 0 Å². The molecule has 3 nitrogen and oxygen atoms in total. The molecule has 0 radical (unpaired) electrons. The van der Waals surface area contributed by atoms with E-state index in [0.717, 1.165) is 25.9 Å². The van der Waals surface area contributed by atoms with E-state index in [-0.39, 0.29) is 5.91 Å². The molecule has 0 aromatic heterocycles. The molecule has 0 rings (SSSR count). The molecule has 0 fully saturated rings. The molecule has 1 N–H and O–H groups in total. The van der Waals surface area contributed by atoms with Crippen molar-refractivity contribution in [3.63, 3.8) is 0 Å². The minimum Gasteiger partial charge on any atom is -0.356 e. The Morgan fingerprint density at radius 2 is 0.853 bits per heavy atom. The second kappa shape index (κ2) is 28.7. The van der Waals surface area contributed by atoms with Crippen LogP contribution < -0.4 is 5.32 Å². The molecule has 0 saturated carbocycles. The normalized spacial score (nSPS) is 11.4. The van der Waals surface area contributed by atoms with Crippen molar-refractivity contribution in [3.05, 3.63) is 0 Å². The summed E-state index contributed by atoms with van der Waals surface area (Å²) in [5.74, 6) is 0.254. The maximum atomic E-state index is 12.0. The zero-order chi connectivity index (χ0) is 25.0. The Labute approximate surface area is 215 Å². The van der Waals surface area contributed by atoms with E-state index >= 15 is 0 Å². The maximum absolute atomic E-state index is 12.0. The van der Waals surface area contributed by atoms with Gasteiger partial charge >= 0.3 is 0 Å². The summed E-state index contributed by atoms with van der Waals surface area (Å²) in [6.07, 6.45) is 30.7. The van der Waals surface area contributed by atoms with Gasteiger partial charge < -0.3 is 10.2 Å². The molecule has 0 aromatic carbocycles. The van der Waals surface area contributed by atoms with Crippen LogP contribution >= 0.6 is 0 Å². The number of nitrogens with one attached hydrogen (secondary N) is 1. The molecule has 0 aromatic rings. The Kier molecular flexibility index (Phi) is 28.2. The van der Waals surface area contributed by atoms with Crippen molar-refractivity contribution >= 4 is 5.91 Å². The lowest BCUT2D eigenvalue weighted by atomic mass is 10.0. The van der Waals surface area contributed by atoms with Gasteiger partial charge in [-0.05, 0) is 45.3 Å². The highest BCUT2D eigenvalue weighted by Crippen LogP contribution is 2.14. The molecule has 3 heteroatoms. The molecule has 0 heterocycles. The third-order valence-electron chi connectivity index (χ3n) is 7.06. The third-order valence-corrected chi connectivity index (χ3v) is 7.06. The van der Waals surface area contributed by atoms with Gasteiger partial charge in [0.1, 0.15) is 0 Å². The van der Waals surface area contributed by atoms with E-state index in [9.17, 15) is 4.79 Å². The second-order valence-corrected chi connectivity index (χ2v) is 10.7. The van der Waals surface area contributed by atoms with E-state index in [1.54, 1.807) is 0 Å². The van der Waals surface area contributed by atoms with Crippen molar-refractivity contribution in [1.29, 1.82) is 0 Å². The minimum atomic E-state index is 0.254. The molecule has 34 heavy (non-hydrogen) atoms. The Hall–Kier alpha value is -0.570. The Morgan fingerprint density at radius 3 is 1.24 bits per heavy atom. The summed E-state index contributed by atoms with van der Waals surface area (Å²) in [6.45, 7) is 11.1. The van der Waals surface area contributed by atoms with Crippen LogP contribution in [-0.2, 0) is 4.79 Å². The first kappa shape index (κ1) is 33.4. The standard InChI is InChI=1S/C31H64N2O/c1-4-7-8-9-10-11-12-13-14-15-16-17-18-19-20-21-22-23-24-26-31(34)32-27-25-30-33(28-5-2)29-6-3/h4-30H2,1-3H3,(H,32,34). The Balaban J connectivity index is 3.23. The van der Waals surface area contributed by atoms with Crippen LogP contribution in [0.25, 0.3) is 0 Å². The van der Waals surface area contributed by atoms with Crippen molar-refractivity contribution < 1.29 is 4.79 Å². The van der Waals surface area contributed by atoms with Gasteiger partial charge in [-0.1, -0.05) is 136 Å². The summed E-state index contributed by atoms with van der Waals surface area (Å²) >= 11 is 0. The number of carbonyl (C=O) groups excluding carboxylic acids is 1. The van der Waals surface area contributed by atoms with Gasteiger partial charge in [0.05, 0.1) is 0 Å². The van der Waals surface area contributed by atoms with E-state index < -0.39 is 0 Å². The van der Waals surface area contributed by atoms with Gasteiger partial charge in [0.15, 0.2) is 0 Å². The first-order valence-corrected chi connectivity index (χ1v) is 15.7.